The van der Waals surface area contributed by atoms with Crippen molar-refractivity contribution in [2.45, 2.75) is 6.04 Å². The SMILES string of the molecule is COc1ccccc1/C(O)=C1/C(=O)C(=O)N(c2ccccc2OC)C1c1ccc(O)cc1. The maximum Gasteiger partial charge on any atom is 0.300 e. The predicted octanol–water partition coefficient (Wildman–Crippen LogP) is 4.04. The van der Waals surface area contributed by atoms with Crippen molar-refractivity contribution in [1.29, 1.82) is 0 Å². The van der Waals surface area contributed by atoms with E-state index in [9.17, 15) is 19.8 Å². The molecule has 1 amide bonds. The van der Waals surface area contributed by atoms with E-state index in [0.29, 0.717) is 22.7 Å². The van der Waals surface area contributed by atoms with Gasteiger partial charge in [-0.1, -0.05) is 36.4 Å². The van der Waals surface area contributed by atoms with Crippen molar-refractivity contribution in [3.63, 3.8) is 0 Å². The molecule has 0 spiro atoms. The number of rotatable bonds is 5. The summed E-state index contributed by atoms with van der Waals surface area (Å²) in [6.45, 7) is 0. The molecule has 3 aromatic carbocycles. The van der Waals surface area contributed by atoms with E-state index in [2.05, 4.69) is 0 Å². The van der Waals surface area contributed by atoms with Crippen molar-refractivity contribution in [2.75, 3.05) is 19.1 Å². The van der Waals surface area contributed by atoms with Gasteiger partial charge in [0.15, 0.2) is 0 Å². The lowest BCUT2D eigenvalue weighted by atomic mass is 9.94. The fraction of sp³-hybridized carbons (Fsp3) is 0.120. The van der Waals surface area contributed by atoms with Gasteiger partial charge in [-0.2, -0.15) is 0 Å². The van der Waals surface area contributed by atoms with Crippen LogP contribution in [0, 0.1) is 0 Å². The van der Waals surface area contributed by atoms with Gasteiger partial charge in [0, 0.05) is 0 Å². The number of aliphatic hydroxyl groups is 1. The lowest BCUT2D eigenvalue weighted by Crippen LogP contribution is -2.29. The molecule has 3 aromatic rings. The molecule has 0 radical (unpaired) electrons. The van der Waals surface area contributed by atoms with Gasteiger partial charge in [-0.05, 0) is 42.0 Å². The number of ketones is 1. The molecule has 0 saturated carbocycles. The molecule has 2 N–H and O–H groups in total. The fourth-order valence-electron chi connectivity index (χ4n) is 3.87. The van der Waals surface area contributed by atoms with Crippen LogP contribution >= 0.6 is 0 Å². The highest BCUT2D eigenvalue weighted by Crippen LogP contribution is 2.45. The molecule has 1 heterocycles. The zero-order valence-corrected chi connectivity index (χ0v) is 17.5. The van der Waals surface area contributed by atoms with E-state index in [0.717, 1.165) is 0 Å². The minimum Gasteiger partial charge on any atom is -0.508 e. The van der Waals surface area contributed by atoms with Gasteiger partial charge >= 0.3 is 0 Å². The van der Waals surface area contributed by atoms with Gasteiger partial charge in [-0.25, -0.2) is 0 Å². The first-order valence-electron chi connectivity index (χ1n) is 9.84. The molecule has 1 aliphatic rings. The van der Waals surface area contributed by atoms with Crippen molar-refractivity contribution in [2.24, 2.45) is 0 Å². The number of nitrogens with zero attached hydrogens (tertiary/aromatic N) is 1. The van der Waals surface area contributed by atoms with Gasteiger partial charge in [0.25, 0.3) is 11.7 Å². The third kappa shape index (κ3) is 3.43. The van der Waals surface area contributed by atoms with E-state index in [4.69, 9.17) is 9.47 Å². The summed E-state index contributed by atoms with van der Waals surface area (Å²) in [6.07, 6.45) is 0. The molecule has 0 aromatic heterocycles. The molecule has 7 heteroatoms. The number of phenolic OH excluding ortho intramolecular Hbond substituents is 1. The smallest absolute Gasteiger partial charge is 0.300 e. The topological polar surface area (TPSA) is 96.3 Å². The van der Waals surface area contributed by atoms with Crippen molar-refractivity contribution in [3.05, 3.63) is 89.5 Å². The summed E-state index contributed by atoms with van der Waals surface area (Å²) in [6, 6.07) is 18.7. The average Bonchev–Trinajstić information content (AvgIpc) is 3.09. The van der Waals surface area contributed by atoms with Crippen LogP contribution in [0.25, 0.3) is 5.76 Å². The molecule has 1 saturated heterocycles. The Balaban J connectivity index is 1.99. The number of carbonyl (C=O) groups is 2. The Morgan fingerprint density at radius 3 is 2.09 bits per heavy atom. The highest BCUT2D eigenvalue weighted by atomic mass is 16.5. The van der Waals surface area contributed by atoms with E-state index < -0.39 is 17.7 Å². The lowest BCUT2D eigenvalue weighted by molar-refractivity contribution is -0.132. The van der Waals surface area contributed by atoms with Gasteiger partial charge in [0.05, 0.1) is 37.1 Å². The summed E-state index contributed by atoms with van der Waals surface area (Å²) in [7, 11) is 2.93. The predicted molar refractivity (Wildman–Crippen MR) is 119 cm³/mol. The zero-order valence-electron chi connectivity index (χ0n) is 17.5. The Bertz CT molecular complexity index is 1220. The number of anilines is 1. The number of hydrogen-bond donors (Lipinski definition) is 2. The first-order chi connectivity index (χ1) is 15.5. The highest BCUT2D eigenvalue weighted by molar-refractivity contribution is 6.52. The third-order valence-electron chi connectivity index (χ3n) is 5.36. The third-order valence-corrected chi connectivity index (χ3v) is 5.36. The van der Waals surface area contributed by atoms with Crippen LogP contribution < -0.4 is 14.4 Å². The molecular weight excluding hydrogens is 410 g/mol. The number of benzene rings is 3. The quantitative estimate of drug-likeness (QED) is 0.360. The molecule has 1 atom stereocenters. The molecule has 0 bridgehead atoms. The Morgan fingerprint density at radius 1 is 0.844 bits per heavy atom. The lowest BCUT2D eigenvalue weighted by Gasteiger charge is -2.26. The van der Waals surface area contributed by atoms with E-state index in [1.54, 1.807) is 60.7 Å². The molecule has 7 nitrogen and oxygen atoms in total. The van der Waals surface area contributed by atoms with Crippen LogP contribution in [-0.4, -0.2) is 36.1 Å². The van der Waals surface area contributed by atoms with Crippen LogP contribution in [0.4, 0.5) is 5.69 Å². The Labute approximate surface area is 184 Å². The minimum absolute atomic E-state index is 0.0349. The van der Waals surface area contributed by atoms with Crippen LogP contribution in [0.3, 0.4) is 0 Å². The summed E-state index contributed by atoms with van der Waals surface area (Å²) in [5, 5.41) is 21.0. The fourth-order valence-corrected chi connectivity index (χ4v) is 3.87. The van der Waals surface area contributed by atoms with Crippen LogP contribution in [0.1, 0.15) is 17.2 Å². The second-order valence-electron chi connectivity index (χ2n) is 7.13. The summed E-state index contributed by atoms with van der Waals surface area (Å²) >= 11 is 0. The second-order valence-corrected chi connectivity index (χ2v) is 7.13. The number of phenols is 1. The van der Waals surface area contributed by atoms with E-state index in [1.165, 1.54) is 31.3 Å². The number of para-hydroxylation sites is 3. The Morgan fingerprint density at radius 2 is 1.44 bits per heavy atom. The van der Waals surface area contributed by atoms with Gasteiger partial charge < -0.3 is 19.7 Å². The molecule has 1 aliphatic heterocycles. The number of methoxy groups -OCH3 is 2. The van der Waals surface area contributed by atoms with Gasteiger partial charge in [0.2, 0.25) is 0 Å². The van der Waals surface area contributed by atoms with Gasteiger partial charge in [-0.3, -0.25) is 14.5 Å². The standard InChI is InChI=1S/C25H21NO6/c1-31-19-9-5-3-7-17(19)23(28)21-22(15-11-13-16(27)14-12-15)26(25(30)24(21)29)18-8-4-6-10-20(18)32-2/h3-14,22,27-28H,1-2H3/b23-21-. The largest absolute Gasteiger partial charge is 0.508 e. The summed E-state index contributed by atoms with van der Waals surface area (Å²) in [5.41, 5.74) is 1.12. The van der Waals surface area contributed by atoms with Crippen molar-refractivity contribution < 1.29 is 29.3 Å². The molecule has 32 heavy (non-hydrogen) atoms. The molecule has 162 valence electrons. The highest BCUT2D eigenvalue weighted by Gasteiger charge is 2.48. The van der Waals surface area contributed by atoms with Crippen molar-refractivity contribution in [1.82, 2.24) is 0 Å². The van der Waals surface area contributed by atoms with Gasteiger partial charge in [-0.15, -0.1) is 0 Å². The maximum atomic E-state index is 13.2. The number of aliphatic hydroxyl groups excluding tert-OH is 1. The number of aromatic hydroxyl groups is 1. The number of hydrogen-bond acceptors (Lipinski definition) is 6. The number of amides is 1. The maximum absolute atomic E-state index is 13.2. The van der Waals surface area contributed by atoms with Crippen LogP contribution in [0.5, 0.6) is 17.2 Å². The van der Waals surface area contributed by atoms with Gasteiger partial charge in [0.1, 0.15) is 23.0 Å². The summed E-state index contributed by atoms with van der Waals surface area (Å²) < 4.78 is 10.8. The van der Waals surface area contributed by atoms with Crippen molar-refractivity contribution >= 4 is 23.1 Å². The normalized spacial score (nSPS) is 17.4. The Hall–Kier alpha value is -4.26. The summed E-state index contributed by atoms with van der Waals surface area (Å²) in [4.78, 5) is 27.7. The average molecular weight is 431 g/mol. The van der Waals surface area contributed by atoms with E-state index in [1.807, 2.05) is 0 Å². The first-order valence-corrected chi connectivity index (χ1v) is 9.84. The minimum atomic E-state index is -0.947. The van der Waals surface area contributed by atoms with E-state index in [-0.39, 0.29) is 22.6 Å². The Kier molecular flexibility index (Phi) is 5.55. The molecule has 4 rings (SSSR count). The second kappa shape index (κ2) is 8.47. The van der Waals surface area contributed by atoms with Crippen LogP contribution in [-0.2, 0) is 9.59 Å². The van der Waals surface area contributed by atoms with E-state index >= 15 is 0 Å². The number of carbonyl (C=O) groups excluding carboxylic acids is 2. The van der Waals surface area contributed by atoms with Crippen LogP contribution in [0.15, 0.2) is 78.4 Å². The molecule has 1 unspecified atom stereocenters. The monoisotopic (exact) mass is 431 g/mol. The molecular formula is C25H21NO6. The first kappa shape index (κ1) is 21.0. The summed E-state index contributed by atoms with van der Waals surface area (Å²) in [5.74, 6) is -1.20. The molecule has 1 fully saturated rings. The number of ether oxygens (including phenoxy) is 2. The number of Topliss-reactive ketones (excluding diaryl/α,β-unsaturated/α-hetero) is 1. The zero-order chi connectivity index (χ0) is 22.8. The molecule has 0 aliphatic carbocycles. The van der Waals surface area contributed by atoms with Crippen LogP contribution in [0.2, 0.25) is 0 Å². The van der Waals surface area contributed by atoms with Crippen molar-refractivity contribution in [3.8, 4) is 17.2 Å².